The third-order valence-electron chi connectivity index (χ3n) is 2.74. The molecule has 0 aliphatic heterocycles. The van der Waals surface area contributed by atoms with Crippen LogP contribution in [-0.2, 0) is 0 Å². The molecule has 0 spiro atoms. The topological polar surface area (TPSA) is 49.0 Å². The molecule has 1 N–H and O–H groups in total. The minimum atomic E-state index is -0.127. The van der Waals surface area contributed by atoms with Gasteiger partial charge in [-0.3, -0.25) is 4.79 Å². The lowest BCUT2D eigenvalue weighted by molar-refractivity contribution is 0.777. The summed E-state index contributed by atoms with van der Waals surface area (Å²) in [5.41, 5.74) is 0.932. The van der Waals surface area contributed by atoms with Crippen molar-refractivity contribution in [3.8, 4) is 0 Å². The number of aromatic amines is 1. The zero-order valence-electron chi connectivity index (χ0n) is 10.5. The van der Waals surface area contributed by atoms with E-state index in [2.05, 4.69) is 21.8 Å². The van der Waals surface area contributed by atoms with Gasteiger partial charge >= 0.3 is 0 Å². The predicted octanol–water partition coefficient (Wildman–Crippen LogP) is 2.71. The van der Waals surface area contributed by atoms with Crippen molar-refractivity contribution >= 4 is 11.5 Å². The predicted molar refractivity (Wildman–Crippen MR) is 73.2 cm³/mol. The maximum Gasteiger partial charge on any atom is 0.252 e. The van der Waals surface area contributed by atoms with E-state index in [-0.39, 0.29) is 5.56 Å². The molecule has 0 fully saturated rings. The van der Waals surface area contributed by atoms with E-state index in [4.69, 9.17) is 0 Å². The summed E-state index contributed by atoms with van der Waals surface area (Å²) < 4.78 is 0. The number of para-hydroxylation sites is 1. The number of H-pyrrole nitrogens is 1. The molecular weight excluding hydrogens is 226 g/mol. The second-order valence-electron chi connectivity index (χ2n) is 4.11. The van der Waals surface area contributed by atoms with Crippen LogP contribution < -0.4 is 10.5 Å². The van der Waals surface area contributed by atoms with Crippen LogP contribution in [0.4, 0.5) is 11.5 Å². The summed E-state index contributed by atoms with van der Waals surface area (Å²) >= 11 is 0. The number of nitrogens with one attached hydrogen (secondary N) is 1. The minimum Gasteiger partial charge on any atom is -0.326 e. The molecule has 0 bridgehead atoms. The number of hydrogen-bond acceptors (Lipinski definition) is 3. The molecule has 1 aromatic carbocycles. The van der Waals surface area contributed by atoms with E-state index in [0.29, 0.717) is 5.82 Å². The normalized spacial score (nSPS) is 10.3. The Morgan fingerprint density at radius 1 is 1.28 bits per heavy atom. The molecule has 0 aliphatic rings. The highest BCUT2D eigenvalue weighted by molar-refractivity contribution is 5.59. The van der Waals surface area contributed by atoms with Crippen LogP contribution in [0, 0.1) is 0 Å². The zero-order valence-corrected chi connectivity index (χ0v) is 10.5. The van der Waals surface area contributed by atoms with E-state index in [1.807, 2.05) is 30.3 Å². The van der Waals surface area contributed by atoms with Gasteiger partial charge in [0, 0.05) is 18.3 Å². The van der Waals surface area contributed by atoms with E-state index in [1.165, 1.54) is 12.4 Å². The Labute approximate surface area is 106 Å². The molecule has 2 aromatic rings. The Morgan fingerprint density at radius 3 is 2.72 bits per heavy atom. The van der Waals surface area contributed by atoms with E-state index >= 15 is 0 Å². The van der Waals surface area contributed by atoms with Gasteiger partial charge in [-0.15, -0.1) is 0 Å². The first-order chi connectivity index (χ1) is 8.81. The van der Waals surface area contributed by atoms with Gasteiger partial charge in [-0.05, 0) is 18.6 Å². The second-order valence-corrected chi connectivity index (χ2v) is 4.11. The number of rotatable bonds is 5. The molecule has 4 nitrogen and oxygen atoms in total. The van der Waals surface area contributed by atoms with Crippen LogP contribution in [0.2, 0.25) is 0 Å². The molecule has 1 heterocycles. The molecule has 94 valence electrons. The first-order valence-corrected chi connectivity index (χ1v) is 6.18. The third-order valence-corrected chi connectivity index (χ3v) is 2.74. The standard InChI is InChI=1S/C14H17N3O/c1-2-3-9-17(12-7-5-4-6-8-12)13-10-14(18)16-11-15-13/h4-8,10-11H,2-3,9H2,1H3,(H,15,16,18). The summed E-state index contributed by atoms with van der Waals surface area (Å²) in [6.07, 6.45) is 3.61. The molecule has 0 saturated carbocycles. The van der Waals surface area contributed by atoms with Gasteiger partial charge in [0.15, 0.2) is 0 Å². The first kappa shape index (κ1) is 12.4. The summed E-state index contributed by atoms with van der Waals surface area (Å²) in [6, 6.07) is 11.5. The molecule has 2 rings (SSSR count). The van der Waals surface area contributed by atoms with Crippen LogP contribution in [0.5, 0.6) is 0 Å². The molecular formula is C14H17N3O. The Balaban J connectivity index is 2.33. The lowest BCUT2D eigenvalue weighted by Gasteiger charge is -2.23. The van der Waals surface area contributed by atoms with Crippen LogP contribution in [0.25, 0.3) is 0 Å². The number of unbranched alkanes of at least 4 members (excludes halogenated alkanes) is 1. The van der Waals surface area contributed by atoms with Crippen LogP contribution in [0.3, 0.4) is 0 Å². The summed E-state index contributed by atoms with van der Waals surface area (Å²) in [7, 11) is 0. The van der Waals surface area contributed by atoms with Crippen molar-refractivity contribution < 1.29 is 0 Å². The monoisotopic (exact) mass is 243 g/mol. The fourth-order valence-electron chi connectivity index (χ4n) is 1.81. The van der Waals surface area contributed by atoms with Gasteiger partial charge < -0.3 is 9.88 Å². The summed E-state index contributed by atoms with van der Waals surface area (Å²) in [5.74, 6) is 0.693. The molecule has 0 amide bonds. The van der Waals surface area contributed by atoms with Crippen LogP contribution >= 0.6 is 0 Å². The fraction of sp³-hybridized carbons (Fsp3) is 0.286. The van der Waals surface area contributed by atoms with Gasteiger partial charge in [0.2, 0.25) is 0 Å². The average molecular weight is 243 g/mol. The van der Waals surface area contributed by atoms with Crippen molar-refractivity contribution in [2.24, 2.45) is 0 Å². The maximum absolute atomic E-state index is 11.4. The molecule has 0 saturated heterocycles. The Hall–Kier alpha value is -2.10. The highest BCUT2D eigenvalue weighted by Crippen LogP contribution is 2.22. The van der Waals surface area contributed by atoms with E-state index in [1.54, 1.807) is 0 Å². The van der Waals surface area contributed by atoms with Crippen molar-refractivity contribution in [1.29, 1.82) is 0 Å². The SMILES string of the molecule is CCCCN(c1ccccc1)c1cc(=O)[nH]cn1. The third kappa shape index (κ3) is 2.97. The molecule has 0 atom stereocenters. The molecule has 0 unspecified atom stereocenters. The summed E-state index contributed by atoms with van der Waals surface area (Å²) in [4.78, 5) is 20.2. The number of aromatic nitrogens is 2. The number of hydrogen-bond donors (Lipinski definition) is 1. The van der Waals surface area contributed by atoms with Crippen molar-refractivity contribution in [3.05, 3.63) is 53.1 Å². The lowest BCUT2D eigenvalue weighted by Crippen LogP contribution is -2.21. The Morgan fingerprint density at radius 2 is 2.06 bits per heavy atom. The van der Waals surface area contributed by atoms with Crippen LogP contribution in [-0.4, -0.2) is 16.5 Å². The molecule has 18 heavy (non-hydrogen) atoms. The van der Waals surface area contributed by atoms with E-state index in [0.717, 1.165) is 25.1 Å². The molecule has 0 aliphatic carbocycles. The summed E-state index contributed by atoms with van der Waals surface area (Å²) in [5, 5.41) is 0. The Kier molecular flexibility index (Phi) is 4.12. The van der Waals surface area contributed by atoms with Crippen LogP contribution in [0.1, 0.15) is 19.8 Å². The molecule has 1 aromatic heterocycles. The first-order valence-electron chi connectivity index (χ1n) is 6.18. The van der Waals surface area contributed by atoms with Gasteiger partial charge in [-0.2, -0.15) is 0 Å². The van der Waals surface area contributed by atoms with Crippen molar-refractivity contribution in [2.75, 3.05) is 11.4 Å². The largest absolute Gasteiger partial charge is 0.326 e. The number of anilines is 2. The fourth-order valence-corrected chi connectivity index (χ4v) is 1.81. The van der Waals surface area contributed by atoms with Gasteiger partial charge in [-0.25, -0.2) is 4.98 Å². The highest BCUT2D eigenvalue weighted by Gasteiger charge is 2.09. The smallest absolute Gasteiger partial charge is 0.252 e. The van der Waals surface area contributed by atoms with E-state index in [9.17, 15) is 4.79 Å². The van der Waals surface area contributed by atoms with Crippen molar-refractivity contribution in [3.63, 3.8) is 0 Å². The maximum atomic E-state index is 11.4. The van der Waals surface area contributed by atoms with Crippen LogP contribution in [0.15, 0.2) is 47.5 Å². The lowest BCUT2D eigenvalue weighted by atomic mass is 10.2. The minimum absolute atomic E-state index is 0.127. The average Bonchev–Trinajstić information content (AvgIpc) is 2.40. The number of nitrogens with zero attached hydrogens (tertiary/aromatic N) is 2. The van der Waals surface area contributed by atoms with E-state index < -0.39 is 0 Å². The zero-order chi connectivity index (χ0) is 12.8. The Bertz CT molecular complexity index is 536. The summed E-state index contributed by atoms with van der Waals surface area (Å²) in [6.45, 7) is 3.01. The highest BCUT2D eigenvalue weighted by atomic mass is 16.1. The molecule has 4 heteroatoms. The van der Waals surface area contributed by atoms with Crippen molar-refractivity contribution in [2.45, 2.75) is 19.8 Å². The quantitative estimate of drug-likeness (QED) is 0.878. The van der Waals surface area contributed by atoms with Gasteiger partial charge in [0.05, 0.1) is 6.33 Å². The second kappa shape index (κ2) is 6.00. The number of benzene rings is 1. The molecule has 0 radical (unpaired) electrons. The van der Waals surface area contributed by atoms with Gasteiger partial charge in [-0.1, -0.05) is 31.5 Å². The van der Waals surface area contributed by atoms with Crippen molar-refractivity contribution in [1.82, 2.24) is 9.97 Å². The van der Waals surface area contributed by atoms with Gasteiger partial charge in [0.1, 0.15) is 5.82 Å². The van der Waals surface area contributed by atoms with Gasteiger partial charge in [0.25, 0.3) is 5.56 Å².